The Labute approximate surface area is 139 Å². The third-order valence-corrected chi connectivity index (χ3v) is 3.95. The number of hydrogen-bond donors (Lipinski definition) is 1. The molecule has 0 atom stereocenters. The first-order chi connectivity index (χ1) is 10.5. The number of hydrogen-bond acceptors (Lipinski definition) is 3. The maximum absolute atomic E-state index is 11.8. The summed E-state index contributed by atoms with van der Waals surface area (Å²) in [5, 5.41) is 13.7. The second kappa shape index (κ2) is 7.20. The summed E-state index contributed by atoms with van der Waals surface area (Å²) in [7, 11) is 0. The zero-order valence-electron chi connectivity index (χ0n) is 11.1. The average molecular weight is 382 g/mol. The van der Waals surface area contributed by atoms with E-state index in [0.717, 1.165) is 4.47 Å². The Hall–Kier alpha value is -2.18. The number of nitrogens with zero attached hydrogens (tertiary/aromatic N) is 1. The summed E-state index contributed by atoms with van der Waals surface area (Å²) in [5.74, 6) is -0.322. The van der Waals surface area contributed by atoms with Crippen LogP contribution in [0.15, 0.2) is 53.0 Å². The molecule has 0 unspecified atom stereocenters. The summed E-state index contributed by atoms with van der Waals surface area (Å²) < 4.78 is 0.744. The lowest BCUT2D eigenvalue weighted by Gasteiger charge is -2.03. The van der Waals surface area contributed by atoms with Gasteiger partial charge in [-0.25, -0.2) is 0 Å². The molecule has 0 aliphatic rings. The van der Waals surface area contributed by atoms with Crippen molar-refractivity contribution in [3.8, 4) is 0 Å². The van der Waals surface area contributed by atoms with Gasteiger partial charge < -0.3 is 5.32 Å². The van der Waals surface area contributed by atoms with Gasteiger partial charge in [0.2, 0.25) is 5.91 Å². The van der Waals surface area contributed by atoms with Crippen LogP contribution in [0.25, 0.3) is 6.08 Å². The van der Waals surface area contributed by atoms with Crippen molar-refractivity contribution in [2.24, 2.45) is 0 Å². The molecular weight excluding hydrogens is 372 g/mol. The molecule has 0 aromatic heterocycles. The Balaban J connectivity index is 2.01. The van der Waals surface area contributed by atoms with E-state index >= 15 is 0 Å². The molecule has 1 N–H and O–H groups in total. The molecule has 2 aromatic carbocycles. The molecule has 7 heteroatoms. The number of halogens is 2. The van der Waals surface area contributed by atoms with Gasteiger partial charge in [-0.2, -0.15) is 0 Å². The number of nitro benzene ring substituents is 1. The standard InChI is InChI=1S/C15H10BrClN2O3/c16-13-7-4-11(9-14(13)17)18-15(20)8-3-10-1-5-12(6-2-10)19(21)22/h1-9H,(H,18,20)/b8-3+. The van der Waals surface area contributed by atoms with Crippen LogP contribution < -0.4 is 5.32 Å². The molecule has 112 valence electrons. The molecule has 0 spiro atoms. The van der Waals surface area contributed by atoms with E-state index in [1.54, 1.807) is 36.4 Å². The highest BCUT2D eigenvalue weighted by Gasteiger charge is 2.04. The molecule has 0 heterocycles. The minimum absolute atomic E-state index is 0.00565. The number of amides is 1. The quantitative estimate of drug-likeness (QED) is 0.475. The van der Waals surface area contributed by atoms with E-state index in [2.05, 4.69) is 21.2 Å². The van der Waals surface area contributed by atoms with E-state index in [1.165, 1.54) is 18.2 Å². The first-order valence-electron chi connectivity index (χ1n) is 6.14. The van der Waals surface area contributed by atoms with Gasteiger partial charge in [0, 0.05) is 28.4 Å². The third-order valence-electron chi connectivity index (χ3n) is 2.72. The van der Waals surface area contributed by atoms with Gasteiger partial charge in [0.1, 0.15) is 0 Å². The molecule has 0 aliphatic carbocycles. The van der Waals surface area contributed by atoms with Crippen molar-refractivity contribution in [3.63, 3.8) is 0 Å². The zero-order valence-corrected chi connectivity index (χ0v) is 13.5. The molecule has 2 aromatic rings. The smallest absolute Gasteiger partial charge is 0.269 e. The zero-order chi connectivity index (χ0) is 16.1. The second-order valence-corrected chi connectivity index (χ2v) is 5.56. The van der Waals surface area contributed by atoms with Crippen molar-refractivity contribution in [1.82, 2.24) is 0 Å². The van der Waals surface area contributed by atoms with Crippen LogP contribution in [0.4, 0.5) is 11.4 Å². The number of nitrogens with one attached hydrogen (secondary N) is 1. The number of rotatable bonds is 4. The molecule has 1 amide bonds. The topological polar surface area (TPSA) is 72.2 Å². The van der Waals surface area contributed by atoms with Gasteiger partial charge in [0.15, 0.2) is 0 Å². The van der Waals surface area contributed by atoms with Crippen LogP contribution >= 0.6 is 27.5 Å². The Morgan fingerprint density at radius 3 is 2.50 bits per heavy atom. The Morgan fingerprint density at radius 2 is 1.91 bits per heavy atom. The second-order valence-electron chi connectivity index (χ2n) is 4.30. The summed E-state index contributed by atoms with van der Waals surface area (Å²) in [6, 6.07) is 11.0. The fourth-order valence-electron chi connectivity index (χ4n) is 1.64. The fourth-order valence-corrected chi connectivity index (χ4v) is 2.06. The van der Waals surface area contributed by atoms with Crippen molar-refractivity contribution in [3.05, 3.63) is 73.7 Å². The molecule has 5 nitrogen and oxygen atoms in total. The van der Waals surface area contributed by atoms with E-state index in [-0.39, 0.29) is 11.6 Å². The number of nitro groups is 1. The molecule has 0 saturated heterocycles. The van der Waals surface area contributed by atoms with Crippen LogP contribution in [0.3, 0.4) is 0 Å². The first-order valence-corrected chi connectivity index (χ1v) is 7.31. The molecule has 0 fully saturated rings. The van der Waals surface area contributed by atoms with E-state index in [4.69, 9.17) is 11.6 Å². The number of anilines is 1. The van der Waals surface area contributed by atoms with Crippen LogP contribution in [0.5, 0.6) is 0 Å². The van der Waals surface area contributed by atoms with Crippen molar-refractivity contribution < 1.29 is 9.72 Å². The molecule has 0 saturated carbocycles. The van der Waals surface area contributed by atoms with Gasteiger partial charge in [0.05, 0.1) is 9.95 Å². The van der Waals surface area contributed by atoms with Gasteiger partial charge in [0.25, 0.3) is 5.69 Å². The number of non-ortho nitro benzene ring substituents is 1. The minimum Gasteiger partial charge on any atom is -0.322 e. The normalized spacial score (nSPS) is 10.6. The highest BCUT2D eigenvalue weighted by Crippen LogP contribution is 2.25. The van der Waals surface area contributed by atoms with Gasteiger partial charge >= 0.3 is 0 Å². The van der Waals surface area contributed by atoms with Gasteiger partial charge in [-0.3, -0.25) is 14.9 Å². The van der Waals surface area contributed by atoms with Crippen molar-refractivity contribution in [2.75, 3.05) is 5.32 Å². The predicted octanol–water partition coefficient (Wildman–Crippen LogP) is 4.66. The molecule has 0 bridgehead atoms. The Morgan fingerprint density at radius 1 is 1.23 bits per heavy atom. The van der Waals surface area contributed by atoms with Gasteiger partial charge in [-0.15, -0.1) is 0 Å². The minimum atomic E-state index is -0.475. The lowest BCUT2D eigenvalue weighted by molar-refractivity contribution is -0.384. The average Bonchev–Trinajstić information content (AvgIpc) is 2.49. The van der Waals surface area contributed by atoms with Crippen molar-refractivity contribution in [1.29, 1.82) is 0 Å². The molecule has 2 rings (SSSR count). The van der Waals surface area contributed by atoms with Crippen LogP contribution in [-0.2, 0) is 4.79 Å². The number of carbonyl (C=O) groups excluding carboxylic acids is 1. The van der Waals surface area contributed by atoms with E-state index < -0.39 is 4.92 Å². The summed E-state index contributed by atoms with van der Waals surface area (Å²) >= 11 is 9.21. The number of benzene rings is 2. The molecule has 22 heavy (non-hydrogen) atoms. The molecule has 0 radical (unpaired) electrons. The van der Waals surface area contributed by atoms with Gasteiger partial charge in [-0.1, -0.05) is 11.6 Å². The Bertz CT molecular complexity index is 745. The maximum atomic E-state index is 11.8. The van der Waals surface area contributed by atoms with Crippen LogP contribution in [0.2, 0.25) is 5.02 Å². The summed E-state index contributed by atoms with van der Waals surface area (Å²) in [6.45, 7) is 0. The van der Waals surface area contributed by atoms with Crippen LogP contribution in [0, 0.1) is 10.1 Å². The lowest BCUT2D eigenvalue weighted by Crippen LogP contribution is -2.07. The maximum Gasteiger partial charge on any atom is 0.269 e. The highest BCUT2D eigenvalue weighted by molar-refractivity contribution is 9.10. The van der Waals surface area contributed by atoms with Crippen molar-refractivity contribution >= 4 is 50.9 Å². The molecule has 0 aliphatic heterocycles. The fraction of sp³-hybridized carbons (Fsp3) is 0. The van der Waals surface area contributed by atoms with Crippen LogP contribution in [0.1, 0.15) is 5.56 Å². The largest absolute Gasteiger partial charge is 0.322 e. The SMILES string of the molecule is O=C(/C=C/c1ccc([N+](=O)[O-])cc1)Nc1ccc(Br)c(Cl)c1. The first kappa shape index (κ1) is 16.2. The van der Waals surface area contributed by atoms with Crippen molar-refractivity contribution in [2.45, 2.75) is 0 Å². The third kappa shape index (κ3) is 4.41. The van der Waals surface area contributed by atoms with Crippen LogP contribution in [-0.4, -0.2) is 10.8 Å². The lowest BCUT2D eigenvalue weighted by atomic mass is 10.2. The summed E-state index contributed by atoms with van der Waals surface area (Å²) in [5.41, 5.74) is 1.27. The highest BCUT2D eigenvalue weighted by atomic mass is 79.9. The summed E-state index contributed by atoms with van der Waals surface area (Å²) in [6.07, 6.45) is 2.91. The monoisotopic (exact) mass is 380 g/mol. The van der Waals surface area contributed by atoms with E-state index in [1.807, 2.05) is 0 Å². The van der Waals surface area contributed by atoms with Gasteiger partial charge in [-0.05, 0) is 57.9 Å². The van der Waals surface area contributed by atoms with E-state index in [9.17, 15) is 14.9 Å². The van der Waals surface area contributed by atoms with E-state index in [0.29, 0.717) is 16.3 Å². The Kier molecular flexibility index (Phi) is 5.30. The number of carbonyl (C=O) groups is 1. The molecular formula is C15H10BrClN2O3. The summed E-state index contributed by atoms with van der Waals surface area (Å²) in [4.78, 5) is 21.9. The predicted molar refractivity (Wildman–Crippen MR) is 89.9 cm³/mol.